The number of aryl methyl sites for hydroxylation is 2. The van der Waals surface area contributed by atoms with Crippen molar-refractivity contribution < 1.29 is 14.1 Å². The van der Waals surface area contributed by atoms with E-state index in [0.717, 1.165) is 16.9 Å². The Labute approximate surface area is 183 Å². The standard InChI is InChI=1S/C23H21N5O4/c1-15-14-24-23(30)28(15)17-6-4-5-16(13-17)22-25-20(32-26-22)9-10-21(29)27-11-12-31-19-8-3-2-7-18(19)27/h2-8,13-14H,9-12H2,1H3,(H,24,30). The van der Waals surface area contributed by atoms with Crippen LogP contribution in [0.3, 0.4) is 0 Å². The van der Waals surface area contributed by atoms with Crippen molar-refractivity contribution in [1.29, 1.82) is 0 Å². The van der Waals surface area contributed by atoms with Gasteiger partial charge >= 0.3 is 5.69 Å². The zero-order valence-corrected chi connectivity index (χ0v) is 17.4. The number of fused-ring (bicyclic) bond motifs is 1. The first-order chi connectivity index (χ1) is 15.6. The molecule has 9 nitrogen and oxygen atoms in total. The SMILES string of the molecule is Cc1c[nH]c(=O)n1-c1cccc(-c2noc(CCC(=O)N3CCOc4ccccc43)n2)c1. The van der Waals surface area contributed by atoms with Crippen LogP contribution in [-0.2, 0) is 11.2 Å². The Morgan fingerprint density at radius 1 is 1.19 bits per heavy atom. The number of rotatable bonds is 5. The van der Waals surface area contributed by atoms with E-state index >= 15 is 0 Å². The van der Waals surface area contributed by atoms with Crippen molar-refractivity contribution in [3.63, 3.8) is 0 Å². The Hall–Kier alpha value is -4.14. The zero-order chi connectivity index (χ0) is 22.1. The number of amides is 1. The summed E-state index contributed by atoms with van der Waals surface area (Å²) in [5.41, 5.74) is 2.79. The topological polar surface area (TPSA) is 106 Å². The van der Waals surface area contributed by atoms with Gasteiger partial charge in [-0.2, -0.15) is 4.98 Å². The van der Waals surface area contributed by atoms with E-state index in [0.29, 0.717) is 42.7 Å². The van der Waals surface area contributed by atoms with Crippen LogP contribution >= 0.6 is 0 Å². The van der Waals surface area contributed by atoms with Gasteiger partial charge in [-0.25, -0.2) is 4.79 Å². The fraction of sp³-hybridized carbons (Fsp3) is 0.217. The Morgan fingerprint density at radius 3 is 2.91 bits per heavy atom. The first-order valence-corrected chi connectivity index (χ1v) is 10.3. The molecule has 32 heavy (non-hydrogen) atoms. The maximum atomic E-state index is 12.8. The first kappa shape index (κ1) is 19.8. The van der Waals surface area contributed by atoms with Crippen LogP contribution in [0.1, 0.15) is 18.0 Å². The highest BCUT2D eigenvalue weighted by Crippen LogP contribution is 2.31. The van der Waals surface area contributed by atoms with Crippen LogP contribution in [0.2, 0.25) is 0 Å². The number of H-pyrrole nitrogens is 1. The molecule has 0 spiro atoms. The summed E-state index contributed by atoms with van der Waals surface area (Å²) in [6.45, 7) is 2.82. The molecular weight excluding hydrogens is 410 g/mol. The van der Waals surface area contributed by atoms with Crippen LogP contribution in [0.5, 0.6) is 5.75 Å². The normalized spacial score (nSPS) is 13.0. The number of aromatic amines is 1. The Kier molecular flexibility index (Phi) is 5.06. The molecule has 0 bridgehead atoms. The van der Waals surface area contributed by atoms with E-state index in [9.17, 15) is 9.59 Å². The number of nitrogens with one attached hydrogen (secondary N) is 1. The lowest BCUT2D eigenvalue weighted by molar-refractivity contribution is -0.118. The average molecular weight is 431 g/mol. The summed E-state index contributed by atoms with van der Waals surface area (Å²) in [7, 11) is 0. The predicted molar refractivity (Wildman–Crippen MR) is 117 cm³/mol. The van der Waals surface area contributed by atoms with Crippen molar-refractivity contribution in [2.75, 3.05) is 18.1 Å². The van der Waals surface area contributed by atoms with Gasteiger partial charge in [-0.15, -0.1) is 0 Å². The van der Waals surface area contributed by atoms with Gasteiger partial charge in [0.05, 0.1) is 17.9 Å². The summed E-state index contributed by atoms with van der Waals surface area (Å²) in [5.74, 6) is 1.48. The highest BCUT2D eigenvalue weighted by atomic mass is 16.5. The Morgan fingerprint density at radius 2 is 2.06 bits per heavy atom. The second-order valence-corrected chi connectivity index (χ2v) is 7.49. The molecule has 3 heterocycles. The molecule has 0 unspecified atom stereocenters. The third-order valence-electron chi connectivity index (χ3n) is 5.37. The van der Waals surface area contributed by atoms with Gasteiger partial charge in [-0.3, -0.25) is 9.36 Å². The number of carbonyl (C=O) groups is 1. The van der Waals surface area contributed by atoms with E-state index in [1.165, 1.54) is 0 Å². The van der Waals surface area contributed by atoms with Gasteiger partial charge in [0.2, 0.25) is 17.6 Å². The zero-order valence-electron chi connectivity index (χ0n) is 17.4. The molecule has 2 aromatic carbocycles. The fourth-order valence-electron chi connectivity index (χ4n) is 3.81. The average Bonchev–Trinajstić information content (AvgIpc) is 3.43. The van der Waals surface area contributed by atoms with Crippen molar-refractivity contribution in [1.82, 2.24) is 19.7 Å². The molecule has 0 saturated heterocycles. The molecule has 0 radical (unpaired) electrons. The fourth-order valence-corrected chi connectivity index (χ4v) is 3.81. The number of aromatic nitrogens is 4. The molecule has 2 aromatic heterocycles. The molecule has 4 aromatic rings. The minimum absolute atomic E-state index is 0.0233. The minimum atomic E-state index is -0.211. The molecule has 1 N–H and O–H groups in total. The van der Waals surface area contributed by atoms with Crippen molar-refractivity contribution >= 4 is 11.6 Å². The van der Waals surface area contributed by atoms with Crippen LogP contribution in [0.25, 0.3) is 17.1 Å². The van der Waals surface area contributed by atoms with E-state index in [1.807, 2.05) is 55.5 Å². The van der Waals surface area contributed by atoms with E-state index in [-0.39, 0.29) is 18.0 Å². The molecule has 0 atom stereocenters. The van der Waals surface area contributed by atoms with E-state index in [4.69, 9.17) is 9.26 Å². The molecule has 5 rings (SSSR count). The van der Waals surface area contributed by atoms with Crippen molar-refractivity contribution in [2.45, 2.75) is 19.8 Å². The lowest BCUT2D eigenvalue weighted by atomic mass is 10.2. The third-order valence-corrected chi connectivity index (χ3v) is 5.37. The number of hydrogen-bond acceptors (Lipinski definition) is 6. The molecule has 1 amide bonds. The number of para-hydroxylation sites is 2. The van der Waals surface area contributed by atoms with Crippen molar-refractivity contribution in [2.24, 2.45) is 0 Å². The van der Waals surface area contributed by atoms with Gasteiger partial charge < -0.3 is 19.1 Å². The van der Waals surface area contributed by atoms with E-state index in [1.54, 1.807) is 15.7 Å². The monoisotopic (exact) mass is 431 g/mol. The van der Waals surface area contributed by atoms with Gasteiger partial charge in [0, 0.05) is 30.3 Å². The van der Waals surface area contributed by atoms with Crippen LogP contribution in [0, 0.1) is 6.92 Å². The number of carbonyl (C=O) groups excluding carboxylic acids is 1. The van der Waals surface area contributed by atoms with Gasteiger partial charge in [-0.1, -0.05) is 29.4 Å². The largest absolute Gasteiger partial charge is 0.490 e. The summed E-state index contributed by atoms with van der Waals surface area (Å²) in [6, 6.07) is 14.8. The maximum absolute atomic E-state index is 12.8. The molecule has 1 aliphatic heterocycles. The maximum Gasteiger partial charge on any atom is 0.330 e. The summed E-state index contributed by atoms with van der Waals surface area (Å²) in [4.78, 5) is 33.7. The van der Waals surface area contributed by atoms with Crippen molar-refractivity contribution in [3.05, 3.63) is 76.8 Å². The van der Waals surface area contributed by atoms with Crippen LogP contribution < -0.4 is 15.3 Å². The summed E-state index contributed by atoms with van der Waals surface area (Å²) in [5, 5.41) is 4.05. The summed E-state index contributed by atoms with van der Waals surface area (Å²) >= 11 is 0. The number of hydrogen-bond donors (Lipinski definition) is 1. The molecule has 162 valence electrons. The highest BCUT2D eigenvalue weighted by Gasteiger charge is 2.23. The van der Waals surface area contributed by atoms with Crippen LogP contribution in [0.4, 0.5) is 5.69 Å². The summed E-state index contributed by atoms with van der Waals surface area (Å²) < 4.78 is 12.6. The van der Waals surface area contributed by atoms with Crippen LogP contribution in [-0.4, -0.2) is 38.8 Å². The van der Waals surface area contributed by atoms with Gasteiger partial charge in [0.1, 0.15) is 12.4 Å². The second kappa shape index (κ2) is 8.18. The molecule has 0 saturated carbocycles. The lowest BCUT2D eigenvalue weighted by Gasteiger charge is -2.29. The second-order valence-electron chi connectivity index (χ2n) is 7.49. The first-order valence-electron chi connectivity index (χ1n) is 10.3. The smallest absolute Gasteiger partial charge is 0.330 e. The molecule has 9 heteroatoms. The summed E-state index contributed by atoms with van der Waals surface area (Å²) in [6.07, 6.45) is 2.24. The molecular formula is C23H21N5O4. The van der Waals surface area contributed by atoms with Crippen molar-refractivity contribution in [3.8, 4) is 22.8 Å². The van der Waals surface area contributed by atoms with Crippen LogP contribution in [0.15, 0.2) is 64.0 Å². The molecule has 1 aliphatic rings. The minimum Gasteiger partial charge on any atom is -0.490 e. The van der Waals surface area contributed by atoms with E-state index in [2.05, 4.69) is 15.1 Å². The molecule has 0 fully saturated rings. The number of imidazole rings is 1. The lowest BCUT2D eigenvalue weighted by Crippen LogP contribution is -2.38. The van der Waals surface area contributed by atoms with E-state index < -0.39 is 0 Å². The Balaban J connectivity index is 1.30. The predicted octanol–water partition coefficient (Wildman–Crippen LogP) is 2.88. The molecule has 0 aliphatic carbocycles. The Bertz CT molecular complexity index is 1340. The van der Waals surface area contributed by atoms with Gasteiger partial charge in [0.15, 0.2) is 0 Å². The third kappa shape index (κ3) is 3.68. The van der Waals surface area contributed by atoms with Gasteiger partial charge in [-0.05, 0) is 31.2 Å². The van der Waals surface area contributed by atoms with Gasteiger partial charge in [0.25, 0.3) is 0 Å². The highest BCUT2D eigenvalue weighted by molar-refractivity contribution is 5.95. The number of benzene rings is 2. The quantitative estimate of drug-likeness (QED) is 0.521. The number of ether oxygens (including phenoxy) is 1. The number of anilines is 1. The number of nitrogens with zero attached hydrogens (tertiary/aromatic N) is 4.